The lowest BCUT2D eigenvalue weighted by atomic mass is 10.0. The van der Waals surface area contributed by atoms with Crippen LogP contribution in [0.5, 0.6) is 0 Å². The van der Waals surface area contributed by atoms with Crippen molar-refractivity contribution in [3.63, 3.8) is 0 Å². The van der Waals surface area contributed by atoms with E-state index in [1.54, 1.807) is 36.6 Å². The molecule has 0 saturated heterocycles. The van der Waals surface area contributed by atoms with E-state index in [2.05, 4.69) is 0 Å². The van der Waals surface area contributed by atoms with Crippen molar-refractivity contribution in [1.82, 2.24) is 4.57 Å². The first kappa shape index (κ1) is 16.6. The number of hydrogen-bond acceptors (Lipinski definition) is 2. The van der Waals surface area contributed by atoms with Crippen molar-refractivity contribution in [1.29, 1.82) is 0 Å². The largest absolute Gasteiger partial charge is 0.477 e. The van der Waals surface area contributed by atoms with E-state index < -0.39 is 11.4 Å². The van der Waals surface area contributed by atoms with E-state index >= 15 is 0 Å². The van der Waals surface area contributed by atoms with Gasteiger partial charge in [0, 0.05) is 23.4 Å². The fourth-order valence-corrected chi connectivity index (χ4v) is 2.80. The minimum absolute atomic E-state index is 0.247. The lowest BCUT2D eigenvalue weighted by Gasteiger charge is -2.20. The van der Waals surface area contributed by atoms with Crippen LogP contribution >= 0.6 is 23.2 Å². The molecule has 4 nitrogen and oxygen atoms in total. The Hall–Kier alpha value is -1.78. The lowest BCUT2D eigenvalue weighted by Crippen LogP contribution is -2.25. The van der Waals surface area contributed by atoms with E-state index in [-0.39, 0.29) is 5.56 Å². The third kappa shape index (κ3) is 2.64. The first-order chi connectivity index (χ1) is 10.3. The molecule has 2 aromatic rings. The van der Waals surface area contributed by atoms with Crippen molar-refractivity contribution in [2.24, 2.45) is 0 Å². The smallest absolute Gasteiger partial charge is 0.341 e. The van der Waals surface area contributed by atoms with Crippen molar-refractivity contribution in [3.05, 3.63) is 55.3 Å². The number of rotatable bonds is 3. The summed E-state index contributed by atoms with van der Waals surface area (Å²) in [7, 11) is 0. The summed E-state index contributed by atoms with van der Waals surface area (Å²) in [6.07, 6.45) is 0. The van der Waals surface area contributed by atoms with Crippen LogP contribution in [0.2, 0.25) is 10.0 Å². The fraction of sp³-hybridized carbons (Fsp3) is 0.250. The topological polar surface area (TPSA) is 59.3 Å². The summed E-state index contributed by atoms with van der Waals surface area (Å²) in [4.78, 5) is 24.0. The molecule has 116 valence electrons. The van der Waals surface area contributed by atoms with Crippen LogP contribution < -0.4 is 5.43 Å². The zero-order valence-corrected chi connectivity index (χ0v) is 13.9. The van der Waals surface area contributed by atoms with Gasteiger partial charge < -0.3 is 9.67 Å². The van der Waals surface area contributed by atoms with Crippen LogP contribution in [-0.2, 0) is 6.54 Å². The van der Waals surface area contributed by atoms with Crippen LogP contribution in [-0.4, -0.2) is 15.6 Å². The summed E-state index contributed by atoms with van der Waals surface area (Å²) in [6.45, 7) is 5.86. The highest BCUT2D eigenvalue weighted by molar-refractivity contribution is 6.42. The molecule has 0 amide bonds. The average molecular weight is 340 g/mol. The number of carbonyl (C=O) groups is 1. The van der Waals surface area contributed by atoms with Gasteiger partial charge in [-0.15, -0.1) is 0 Å². The van der Waals surface area contributed by atoms with E-state index in [4.69, 9.17) is 23.2 Å². The average Bonchev–Trinajstić information content (AvgIpc) is 2.47. The Kier molecular flexibility index (Phi) is 4.63. The SMILES string of the molecule is CCn1c(C)c(C)c(=O)c(C(=O)O)c1-c1ccc(Cl)c(Cl)c1. The molecule has 0 saturated carbocycles. The second-order valence-corrected chi connectivity index (χ2v) is 5.76. The molecule has 0 fully saturated rings. The van der Waals surface area contributed by atoms with Gasteiger partial charge in [-0.1, -0.05) is 29.3 Å². The number of hydrogen-bond donors (Lipinski definition) is 1. The zero-order chi connectivity index (χ0) is 16.6. The summed E-state index contributed by atoms with van der Waals surface area (Å²) in [5.41, 5.74) is 1.34. The Balaban J connectivity index is 2.97. The van der Waals surface area contributed by atoms with E-state index in [1.165, 1.54) is 0 Å². The zero-order valence-electron chi connectivity index (χ0n) is 12.4. The number of nitrogens with zero attached hydrogens (tertiary/aromatic N) is 1. The first-order valence-corrected chi connectivity index (χ1v) is 7.47. The second-order valence-electron chi connectivity index (χ2n) is 4.94. The van der Waals surface area contributed by atoms with Crippen molar-refractivity contribution < 1.29 is 9.90 Å². The van der Waals surface area contributed by atoms with Crippen molar-refractivity contribution in [3.8, 4) is 11.3 Å². The lowest BCUT2D eigenvalue weighted by molar-refractivity contribution is 0.0695. The summed E-state index contributed by atoms with van der Waals surface area (Å²) >= 11 is 12.0. The third-order valence-corrected chi connectivity index (χ3v) is 4.48. The number of benzene rings is 1. The van der Waals surface area contributed by atoms with Crippen LogP contribution in [0.3, 0.4) is 0 Å². The molecule has 6 heteroatoms. The van der Waals surface area contributed by atoms with E-state index in [0.29, 0.717) is 33.4 Å². The molecule has 1 aromatic heterocycles. The summed E-state index contributed by atoms with van der Waals surface area (Å²) < 4.78 is 1.81. The third-order valence-electron chi connectivity index (χ3n) is 3.75. The fourth-order valence-electron chi connectivity index (χ4n) is 2.50. The molecule has 0 bridgehead atoms. The van der Waals surface area contributed by atoms with Crippen LogP contribution in [0.1, 0.15) is 28.5 Å². The first-order valence-electron chi connectivity index (χ1n) is 6.72. The van der Waals surface area contributed by atoms with Gasteiger partial charge in [-0.3, -0.25) is 4.79 Å². The monoisotopic (exact) mass is 339 g/mol. The summed E-state index contributed by atoms with van der Waals surface area (Å²) in [5.74, 6) is -1.25. The number of halogens is 2. The Morgan fingerprint density at radius 3 is 2.36 bits per heavy atom. The Morgan fingerprint density at radius 1 is 1.23 bits per heavy atom. The number of carboxylic acids is 1. The van der Waals surface area contributed by atoms with Gasteiger partial charge in [0.05, 0.1) is 15.7 Å². The minimum Gasteiger partial charge on any atom is -0.477 e. The van der Waals surface area contributed by atoms with Gasteiger partial charge >= 0.3 is 5.97 Å². The standard InChI is InChI=1S/C16H15Cl2NO3/c1-4-19-9(3)8(2)15(20)13(16(21)22)14(19)10-5-6-11(17)12(18)7-10/h5-7H,4H2,1-3H3,(H,21,22). The van der Waals surface area contributed by atoms with Crippen LogP contribution in [0.4, 0.5) is 0 Å². The predicted molar refractivity (Wildman–Crippen MR) is 88.3 cm³/mol. The minimum atomic E-state index is -1.25. The highest BCUT2D eigenvalue weighted by Gasteiger charge is 2.23. The molecule has 1 N–H and O–H groups in total. The van der Waals surface area contributed by atoms with Gasteiger partial charge in [-0.2, -0.15) is 0 Å². The van der Waals surface area contributed by atoms with Crippen LogP contribution in [0.25, 0.3) is 11.3 Å². The van der Waals surface area contributed by atoms with E-state index in [9.17, 15) is 14.7 Å². The summed E-state index contributed by atoms with van der Waals surface area (Å²) in [5, 5.41) is 10.2. The normalized spacial score (nSPS) is 10.8. The highest BCUT2D eigenvalue weighted by atomic mass is 35.5. The van der Waals surface area contributed by atoms with Crippen molar-refractivity contribution in [2.45, 2.75) is 27.3 Å². The molecule has 0 spiro atoms. The Bertz CT molecular complexity index is 825. The molecule has 22 heavy (non-hydrogen) atoms. The molecule has 0 aliphatic heterocycles. The molecule has 0 aliphatic rings. The predicted octanol–water partition coefficient (Wildman–Crippen LogP) is 4.16. The maximum atomic E-state index is 12.4. The van der Waals surface area contributed by atoms with E-state index in [1.807, 2.05) is 6.92 Å². The van der Waals surface area contributed by atoms with Gasteiger partial charge in [0.1, 0.15) is 5.56 Å². The Labute approximate surface area is 137 Å². The van der Waals surface area contributed by atoms with Gasteiger partial charge in [0.15, 0.2) is 5.43 Å². The quantitative estimate of drug-likeness (QED) is 0.913. The molecular weight excluding hydrogens is 325 g/mol. The molecule has 1 heterocycles. The van der Waals surface area contributed by atoms with Crippen LogP contribution in [0, 0.1) is 13.8 Å². The Morgan fingerprint density at radius 2 is 1.86 bits per heavy atom. The number of aromatic carboxylic acids is 1. The molecule has 0 aliphatic carbocycles. The maximum absolute atomic E-state index is 12.4. The second kappa shape index (κ2) is 6.15. The van der Waals surface area contributed by atoms with Crippen molar-refractivity contribution >= 4 is 29.2 Å². The molecule has 2 rings (SSSR count). The highest BCUT2D eigenvalue weighted by Crippen LogP contribution is 2.31. The van der Waals surface area contributed by atoms with E-state index in [0.717, 1.165) is 5.69 Å². The van der Waals surface area contributed by atoms with Gasteiger partial charge in [-0.25, -0.2) is 4.79 Å². The molecular formula is C16H15Cl2NO3. The van der Waals surface area contributed by atoms with Gasteiger partial charge in [-0.05, 0) is 32.9 Å². The van der Waals surface area contributed by atoms with Gasteiger partial charge in [0.2, 0.25) is 0 Å². The van der Waals surface area contributed by atoms with Crippen LogP contribution in [0.15, 0.2) is 23.0 Å². The van der Waals surface area contributed by atoms with Gasteiger partial charge in [0.25, 0.3) is 0 Å². The summed E-state index contributed by atoms with van der Waals surface area (Å²) in [6, 6.07) is 4.83. The molecule has 1 aromatic carbocycles. The molecule has 0 radical (unpaired) electrons. The number of aromatic nitrogens is 1. The molecule has 0 atom stereocenters. The van der Waals surface area contributed by atoms with Crippen molar-refractivity contribution in [2.75, 3.05) is 0 Å². The molecule has 0 unspecified atom stereocenters. The maximum Gasteiger partial charge on any atom is 0.341 e. The number of carboxylic acid groups (broad SMARTS) is 1. The number of pyridine rings is 1.